The predicted molar refractivity (Wildman–Crippen MR) is 52.1 cm³/mol. The topological polar surface area (TPSA) is 84.0 Å². The molecule has 1 aromatic rings. The minimum Gasteiger partial charge on any atom is -0.292 e. The fourth-order valence-electron chi connectivity index (χ4n) is 1.18. The Morgan fingerprint density at radius 1 is 1.47 bits per heavy atom. The first-order valence-corrected chi connectivity index (χ1v) is 4.45. The average Bonchev–Trinajstić information content (AvgIpc) is 2.29. The number of halogens is 2. The number of carbonyl (C=O) groups excluding carboxylic acids is 1. The molecule has 0 saturated heterocycles. The van der Waals surface area contributed by atoms with Crippen LogP contribution in [0.4, 0.5) is 14.5 Å². The number of nitrogens with zero attached hydrogens (tertiary/aromatic N) is 2. The number of hydrogen-bond acceptors (Lipinski definition) is 4. The summed E-state index contributed by atoms with van der Waals surface area (Å²) in [6.45, 7) is 1.22. The molecule has 0 amide bonds. The first kappa shape index (κ1) is 12.7. The zero-order valence-corrected chi connectivity index (χ0v) is 8.61. The Morgan fingerprint density at radius 2 is 2.00 bits per heavy atom. The molecule has 0 aromatic heterocycles. The molecule has 0 radical (unpaired) electrons. The van der Waals surface area contributed by atoms with Gasteiger partial charge in [0.15, 0.2) is 17.4 Å². The number of ketones is 1. The third-order valence-corrected chi connectivity index (χ3v) is 2.09. The van der Waals surface area contributed by atoms with Gasteiger partial charge in [0.2, 0.25) is 0 Å². The van der Waals surface area contributed by atoms with Gasteiger partial charge in [-0.2, -0.15) is 5.26 Å². The fourth-order valence-corrected chi connectivity index (χ4v) is 1.18. The van der Waals surface area contributed by atoms with E-state index in [9.17, 15) is 23.7 Å². The van der Waals surface area contributed by atoms with Crippen molar-refractivity contribution < 1.29 is 18.5 Å². The number of benzene rings is 1. The lowest BCUT2D eigenvalue weighted by Crippen LogP contribution is -2.12. The molecule has 0 aliphatic heterocycles. The van der Waals surface area contributed by atoms with Crippen LogP contribution in [0.1, 0.15) is 17.3 Å². The van der Waals surface area contributed by atoms with E-state index in [2.05, 4.69) is 0 Å². The van der Waals surface area contributed by atoms with Crippen LogP contribution in [0.2, 0.25) is 0 Å². The second-order valence-corrected chi connectivity index (χ2v) is 3.26. The zero-order chi connectivity index (χ0) is 13.2. The molecule has 0 bridgehead atoms. The van der Waals surface area contributed by atoms with E-state index in [1.165, 1.54) is 6.92 Å². The highest BCUT2D eigenvalue weighted by atomic mass is 19.2. The van der Waals surface area contributed by atoms with Crippen LogP contribution in [-0.4, -0.2) is 10.7 Å². The number of nitro groups is 1. The lowest BCUT2D eigenvalue weighted by Gasteiger charge is -2.04. The van der Waals surface area contributed by atoms with Gasteiger partial charge in [0.1, 0.15) is 5.92 Å². The first-order chi connectivity index (χ1) is 7.88. The Hall–Kier alpha value is -2.36. The van der Waals surface area contributed by atoms with Crippen molar-refractivity contribution in [2.45, 2.75) is 6.92 Å². The van der Waals surface area contributed by atoms with Crippen molar-refractivity contribution in [2.75, 3.05) is 0 Å². The molecular weight excluding hydrogens is 234 g/mol. The highest BCUT2D eigenvalue weighted by Gasteiger charge is 2.26. The minimum absolute atomic E-state index is 0.326. The van der Waals surface area contributed by atoms with E-state index in [4.69, 9.17) is 5.26 Å². The van der Waals surface area contributed by atoms with Gasteiger partial charge in [-0.05, 0) is 13.0 Å². The van der Waals surface area contributed by atoms with Crippen LogP contribution in [0.15, 0.2) is 12.1 Å². The highest BCUT2D eigenvalue weighted by Crippen LogP contribution is 2.24. The Labute approximate surface area is 94.4 Å². The zero-order valence-electron chi connectivity index (χ0n) is 8.61. The van der Waals surface area contributed by atoms with E-state index < -0.39 is 39.5 Å². The molecule has 0 saturated carbocycles. The van der Waals surface area contributed by atoms with Gasteiger partial charge in [-0.25, -0.2) is 8.78 Å². The normalized spacial score (nSPS) is 11.6. The monoisotopic (exact) mass is 240 g/mol. The Balaban J connectivity index is 3.42. The second-order valence-electron chi connectivity index (χ2n) is 3.26. The summed E-state index contributed by atoms with van der Waals surface area (Å²) in [6, 6.07) is 2.34. The summed E-state index contributed by atoms with van der Waals surface area (Å²) in [7, 11) is 0. The summed E-state index contributed by atoms with van der Waals surface area (Å²) in [5.74, 6) is -4.88. The van der Waals surface area contributed by atoms with Crippen LogP contribution in [0.25, 0.3) is 0 Å². The quantitative estimate of drug-likeness (QED) is 0.460. The van der Waals surface area contributed by atoms with Crippen molar-refractivity contribution in [2.24, 2.45) is 5.92 Å². The molecule has 7 heteroatoms. The van der Waals surface area contributed by atoms with Crippen molar-refractivity contribution in [3.8, 4) is 6.07 Å². The lowest BCUT2D eigenvalue weighted by molar-refractivity contribution is -0.385. The molecule has 17 heavy (non-hydrogen) atoms. The molecule has 1 atom stereocenters. The minimum atomic E-state index is -1.42. The number of carbonyl (C=O) groups is 1. The van der Waals surface area contributed by atoms with Gasteiger partial charge in [-0.3, -0.25) is 14.9 Å². The third kappa shape index (κ3) is 2.42. The van der Waals surface area contributed by atoms with Gasteiger partial charge < -0.3 is 0 Å². The molecule has 1 rings (SSSR count). The summed E-state index contributed by atoms with van der Waals surface area (Å²) in [5, 5.41) is 19.1. The van der Waals surface area contributed by atoms with Crippen molar-refractivity contribution in [1.82, 2.24) is 0 Å². The van der Waals surface area contributed by atoms with Crippen molar-refractivity contribution in [3.63, 3.8) is 0 Å². The molecule has 1 aromatic carbocycles. The maximum absolute atomic E-state index is 12.9. The summed E-state index contributed by atoms with van der Waals surface area (Å²) in [4.78, 5) is 21.1. The van der Waals surface area contributed by atoms with Crippen LogP contribution in [0, 0.1) is 39.0 Å². The van der Waals surface area contributed by atoms with Gasteiger partial charge in [0, 0.05) is 0 Å². The van der Waals surface area contributed by atoms with E-state index >= 15 is 0 Å². The van der Waals surface area contributed by atoms with Crippen LogP contribution >= 0.6 is 0 Å². The molecule has 0 aliphatic carbocycles. The van der Waals surface area contributed by atoms with E-state index in [-0.39, 0.29) is 0 Å². The van der Waals surface area contributed by atoms with Gasteiger partial charge in [0.25, 0.3) is 5.69 Å². The lowest BCUT2D eigenvalue weighted by atomic mass is 9.99. The number of Topliss-reactive ketones (excluding diaryl/α,β-unsaturated/α-hetero) is 1. The molecule has 88 valence electrons. The molecule has 0 spiro atoms. The SMILES string of the molecule is CC(C#N)C(=O)c1cc(F)c(F)cc1[N+](=O)[O-]. The third-order valence-electron chi connectivity index (χ3n) is 2.09. The van der Waals surface area contributed by atoms with Gasteiger partial charge in [-0.1, -0.05) is 0 Å². The maximum atomic E-state index is 12.9. The predicted octanol–water partition coefficient (Wildman–Crippen LogP) is 2.22. The number of nitro benzene ring substituents is 1. The van der Waals surface area contributed by atoms with Crippen molar-refractivity contribution in [3.05, 3.63) is 39.4 Å². The molecule has 5 nitrogen and oxygen atoms in total. The largest absolute Gasteiger partial charge is 0.292 e. The number of hydrogen-bond donors (Lipinski definition) is 0. The van der Waals surface area contributed by atoms with Gasteiger partial charge in [-0.15, -0.1) is 0 Å². The van der Waals surface area contributed by atoms with Gasteiger partial charge in [0.05, 0.1) is 22.6 Å². The van der Waals surface area contributed by atoms with Crippen LogP contribution in [-0.2, 0) is 0 Å². The second kappa shape index (κ2) is 4.65. The first-order valence-electron chi connectivity index (χ1n) is 4.45. The smallest absolute Gasteiger partial charge is 0.283 e. The Morgan fingerprint density at radius 3 is 2.47 bits per heavy atom. The fraction of sp³-hybridized carbons (Fsp3) is 0.200. The molecule has 0 N–H and O–H groups in total. The van der Waals surface area contributed by atoms with Crippen LogP contribution < -0.4 is 0 Å². The van der Waals surface area contributed by atoms with Gasteiger partial charge >= 0.3 is 0 Å². The van der Waals surface area contributed by atoms with Crippen LogP contribution in [0.5, 0.6) is 0 Å². The van der Waals surface area contributed by atoms with E-state index in [0.29, 0.717) is 12.1 Å². The van der Waals surface area contributed by atoms with Crippen molar-refractivity contribution >= 4 is 11.5 Å². The van der Waals surface area contributed by atoms with E-state index in [1.807, 2.05) is 0 Å². The maximum Gasteiger partial charge on any atom is 0.283 e. The van der Waals surface area contributed by atoms with E-state index in [1.54, 1.807) is 6.07 Å². The highest BCUT2D eigenvalue weighted by molar-refractivity contribution is 6.02. The molecule has 0 aliphatic rings. The summed E-state index contributed by atoms with van der Waals surface area (Å²) < 4.78 is 25.7. The van der Waals surface area contributed by atoms with Crippen molar-refractivity contribution in [1.29, 1.82) is 5.26 Å². The number of rotatable bonds is 3. The molecule has 1 unspecified atom stereocenters. The van der Waals surface area contributed by atoms with E-state index in [0.717, 1.165) is 0 Å². The summed E-state index contributed by atoms with van der Waals surface area (Å²) >= 11 is 0. The molecular formula is C10H6F2N2O3. The summed E-state index contributed by atoms with van der Waals surface area (Å²) in [6.07, 6.45) is 0. The number of nitriles is 1. The Kier molecular flexibility index (Phi) is 3.48. The molecule has 0 heterocycles. The summed E-state index contributed by atoms with van der Waals surface area (Å²) in [5.41, 5.74) is -1.46. The molecule has 0 fully saturated rings. The van der Waals surface area contributed by atoms with Crippen LogP contribution in [0.3, 0.4) is 0 Å². The average molecular weight is 240 g/mol. The Bertz CT molecular complexity index is 537. The standard InChI is InChI=1S/C10H6F2N2O3/c1-5(4-13)10(15)6-2-7(11)8(12)3-9(6)14(16)17/h2-3,5H,1H3.